The standard InChI is InChI=1S/C7H16N2O2S/c1-6-5-9(12(3,10)11)7(2)4-8-6/h6-8H,4-5H2,1-3H3/t6-,7-/m0/s1. The molecular weight excluding hydrogens is 176 g/mol. The van der Waals surface area contributed by atoms with Crippen LogP contribution >= 0.6 is 0 Å². The van der Waals surface area contributed by atoms with Gasteiger partial charge in [-0.3, -0.25) is 0 Å². The highest BCUT2D eigenvalue weighted by Gasteiger charge is 2.28. The van der Waals surface area contributed by atoms with E-state index in [-0.39, 0.29) is 12.1 Å². The summed E-state index contributed by atoms with van der Waals surface area (Å²) in [4.78, 5) is 0. The van der Waals surface area contributed by atoms with Crippen LogP contribution in [-0.4, -0.2) is 44.2 Å². The van der Waals surface area contributed by atoms with E-state index < -0.39 is 10.0 Å². The van der Waals surface area contributed by atoms with E-state index in [4.69, 9.17) is 0 Å². The monoisotopic (exact) mass is 192 g/mol. The zero-order valence-electron chi connectivity index (χ0n) is 7.74. The number of piperazine rings is 1. The van der Waals surface area contributed by atoms with E-state index in [0.29, 0.717) is 6.54 Å². The van der Waals surface area contributed by atoms with Gasteiger partial charge in [-0.15, -0.1) is 0 Å². The van der Waals surface area contributed by atoms with Crippen LogP contribution in [0.15, 0.2) is 0 Å². The summed E-state index contributed by atoms with van der Waals surface area (Å²) in [6.45, 7) is 5.23. The molecule has 1 rings (SSSR count). The van der Waals surface area contributed by atoms with Crippen LogP contribution in [-0.2, 0) is 10.0 Å². The molecule has 0 radical (unpaired) electrons. The highest BCUT2D eigenvalue weighted by molar-refractivity contribution is 7.88. The van der Waals surface area contributed by atoms with E-state index in [9.17, 15) is 8.42 Å². The summed E-state index contributed by atoms with van der Waals surface area (Å²) in [6.07, 6.45) is 1.27. The second kappa shape index (κ2) is 3.32. The van der Waals surface area contributed by atoms with E-state index in [1.54, 1.807) is 4.31 Å². The number of hydrogen-bond acceptors (Lipinski definition) is 3. The minimum Gasteiger partial charge on any atom is -0.311 e. The predicted octanol–water partition coefficient (Wildman–Crippen LogP) is -0.372. The lowest BCUT2D eigenvalue weighted by Crippen LogP contribution is -2.55. The first-order valence-corrected chi connectivity index (χ1v) is 5.96. The second-order valence-corrected chi connectivity index (χ2v) is 5.43. The van der Waals surface area contributed by atoms with Crippen molar-refractivity contribution in [3.8, 4) is 0 Å². The second-order valence-electron chi connectivity index (χ2n) is 3.49. The van der Waals surface area contributed by atoms with Gasteiger partial charge in [-0.05, 0) is 13.8 Å². The van der Waals surface area contributed by atoms with Crippen LogP contribution in [0.4, 0.5) is 0 Å². The lowest BCUT2D eigenvalue weighted by Gasteiger charge is -2.35. The SMILES string of the molecule is C[C@H]1CN(S(C)(=O)=O)[C@@H](C)CN1. The summed E-state index contributed by atoms with van der Waals surface area (Å²) in [7, 11) is -3.01. The Bertz CT molecular complexity index is 250. The van der Waals surface area contributed by atoms with Gasteiger partial charge < -0.3 is 5.32 Å². The van der Waals surface area contributed by atoms with Gasteiger partial charge >= 0.3 is 0 Å². The Hall–Kier alpha value is -0.130. The molecule has 1 saturated heterocycles. The van der Waals surface area contributed by atoms with Crippen LogP contribution in [0, 0.1) is 0 Å². The average molecular weight is 192 g/mol. The van der Waals surface area contributed by atoms with Gasteiger partial charge in [-0.25, -0.2) is 8.42 Å². The molecule has 12 heavy (non-hydrogen) atoms. The third-order valence-corrected chi connectivity index (χ3v) is 3.49. The number of nitrogens with one attached hydrogen (secondary N) is 1. The molecule has 0 aliphatic carbocycles. The predicted molar refractivity (Wildman–Crippen MR) is 48.5 cm³/mol. The largest absolute Gasteiger partial charge is 0.311 e. The summed E-state index contributed by atoms with van der Waals surface area (Å²) in [5, 5.41) is 3.23. The van der Waals surface area contributed by atoms with Gasteiger partial charge in [0.05, 0.1) is 6.26 Å². The zero-order valence-corrected chi connectivity index (χ0v) is 8.56. The molecule has 1 heterocycles. The molecule has 0 aromatic heterocycles. The lowest BCUT2D eigenvalue weighted by molar-refractivity contribution is 0.246. The Labute approximate surface area is 74.0 Å². The number of nitrogens with zero attached hydrogens (tertiary/aromatic N) is 1. The van der Waals surface area contributed by atoms with Crippen molar-refractivity contribution >= 4 is 10.0 Å². The average Bonchev–Trinajstić information content (AvgIpc) is 1.92. The van der Waals surface area contributed by atoms with Crippen molar-refractivity contribution in [1.82, 2.24) is 9.62 Å². The fourth-order valence-electron chi connectivity index (χ4n) is 1.45. The summed E-state index contributed by atoms with van der Waals surface area (Å²) >= 11 is 0. The smallest absolute Gasteiger partial charge is 0.211 e. The van der Waals surface area contributed by atoms with Crippen molar-refractivity contribution in [2.24, 2.45) is 0 Å². The molecule has 1 aliphatic rings. The van der Waals surface area contributed by atoms with E-state index in [0.717, 1.165) is 6.54 Å². The Balaban J connectivity index is 2.74. The zero-order chi connectivity index (χ0) is 9.35. The highest BCUT2D eigenvalue weighted by atomic mass is 32.2. The van der Waals surface area contributed by atoms with Crippen LogP contribution in [0.2, 0.25) is 0 Å². The molecule has 4 nitrogen and oxygen atoms in total. The summed E-state index contributed by atoms with van der Waals surface area (Å²) < 4.78 is 24.0. The van der Waals surface area contributed by atoms with Gasteiger partial charge in [0.2, 0.25) is 10.0 Å². The van der Waals surface area contributed by atoms with Crippen LogP contribution in [0.5, 0.6) is 0 Å². The van der Waals surface area contributed by atoms with Crippen molar-refractivity contribution in [2.45, 2.75) is 25.9 Å². The molecule has 1 fully saturated rings. The summed E-state index contributed by atoms with van der Waals surface area (Å²) in [5.74, 6) is 0. The minimum atomic E-state index is -3.01. The van der Waals surface area contributed by atoms with Crippen LogP contribution in [0.25, 0.3) is 0 Å². The van der Waals surface area contributed by atoms with E-state index in [2.05, 4.69) is 5.32 Å². The van der Waals surface area contributed by atoms with Crippen LogP contribution in [0.3, 0.4) is 0 Å². The topological polar surface area (TPSA) is 49.4 Å². The number of rotatable bonds is 1. The Morgan fingerprint density at radius 1 is 1.42 bits per heavy atom. The van der Waals surface area contributed by atoms with E-state index in [1.807, 2.05) is 13.8 Å². The van der Waals surface area contributed by atoms with E-state index in [1.165, 1.54) is 6.26 Å². The fraction of sp³-hybridized carbons (Fsp3) is 1.00. The summed E-state index contributed by atoms with van der Waals surface area (Å²) in [6, 6.07) is 0.340. The molecule has 0 saturated carbocycles. The molecule has 5 heteroatoms. The molecule has 0 aromatic rings. The summed E-state index contributed by atoms with van der Waals surface area (Å²) in [5.41, 5.74) is 0. The fourth-order valence-corrected chi connectivity index (χ4v) is 2.67. The molecule has 2 atom stereocenters. The first kappa shape index (κ1) is 9.95. The first-order chi connectivity index (χ1) is 5.41. The molecule has 72 valence electrons. The van der Waals surface area contributed by atoms with Crippen LogP contribution < -0.4 is 5.32 Å². The van der Waals surface area contributed by atoms with E-state index >= 15 is 0 Å². The normalized spacial score (nSPS) is 33.6. The molecule has 0 unspecified atom stereocenters. The molecular formula is C7H16N2O2S. The maximum atomic E-state index is 11.2. The third-order valence-electron chi connectivity index (χ3n) is 2.13. The van der Waals surface area contributed by atoms with Gasteiger partial charge in [-0.1, -0.05) is 0 Å². The molecule has 0 bridgehead atoms. The Morgan fingerprint density at radius 3 is 2.42 bits per heavy atom. The quantitative estimate of drug-likeness (QED) is 0.616. The maximum Gasteiger partial charge on any atom is 0.211 e. The van der Waals surface area contributed by atoms with Gasteiger partial charge in [0, 0.05) is 25.2 Å². The molecule has 0 aromatic carbocycles. The molecule has 1 aliphatic heterocycles. The maximum absolute atomic E-state index is 11.2. The Morgan fingerprint density at radius 2 is 2.00 bits per heavy atom. The number of sulfonamides is 1. The lowest BCUT2D eigenvalue weighted by atomic mass is 10.2. The van der Waals surface area contributed by atoms with Gasteiger partial charge in [0.1, 0.15) is 0 Å². The third kappa shape index (κ3) is 2.18. The van der Waals surface area contributed by atoms with Gasteiger partial charge in [0.15, 0.2) is 0 Å². The van der Waals surface area contributed by atoms with Crippen molar-refractivity contribution in [3.05, 3.63) is 0 Å². The van der Waals surface area contributed by atoms with Gasteiger partial charge in [0.25, 0.3) is 0 Å². The highest BCUT2D eigenvalue weighted by Crippen LogP contribution is 2.10. The van der Waals surface area contributed by atoms with Crippen molar-refractivity contribution < 1.29 is 8.42 Å². The molecule has 0 amide bonds. The number of hydrogen-bond donors (Lipinski definition) is 1. The first-order valence-electron chi connectivity index (χ1n) is 4.11. The van der Waals surface area contributed by atoms with Crippen molar-refractivity contribution in [1.29, 1.82) is 0 Å². The Kier molecular flexibility index (Phi) is 2.75. The van der Waals surface area contributed by atoms with Crippen molar-refractivity contribution in [2.75, 3.05) is 19.3 Å². The molecule has 1 N–H and O–H groups in total. The van der Waals surface area contributed by atoms with Crippen LogP contribution in [0.1, 0.15) is 13.8 Å². The molecule has 0 spiro atoms. The van der Waals surface area contributed by atoms with Gasteiger partial charge in [-0.2, -0.15) is 4.31 Å². The van der Waals surface area contributed by atoms with Crippen molar-refractivity contribution in [3.63, 3.8) is 0 Å². The minimum absolute atomic E-state index is 0.0798.